The van der Waals surface area contributed by atoms with Crippen molar-refractivity contribution < 1.29 is 9.90 Å². The van der Waals surface area contributed by atoms with Crippen LogP contribution in [-0.4, -0.2) is 17.0 Å². The molecule has 4 atom stereocenters. The summed E-state index contributed by atoms with van der Waals surface area (Å²) < 4.78 is 0. The van der Waals surface area contributed by atoms with E-state index >= 15 is 0 Å². The molecule has 2 fully saturated rings. The van der Waals surface area contributed by atoms with E-state index in [0.717, 1.165) is 30.5 Å². The van der Waals surface area contributed by atoms with Crippen molar-refractivity contribution in [2.45, 2.75) is 77.2 Å². The molecule has 110 valence electrons. The van der Waals surface area contributed by atoms with Gasteiger partial charge in [0.2, 0.25) is 0 Å². The van der Waals surface area contributed by atoms with Crippen LogP contribution >= 0.6 is 0 Å². The van der Waals surface area contributed by atoms with Crippen LogP contribution in [0.25, 0.3) is 0 Å². The molecule has 0 aromatic heterocycles. The van der Waals surface area contributed by atoms with Crippen molar-refractivity contribution in [3.63, 3.8) is 0 Å². The van der Waals surface area contributed by atoms with Crippen LogP contribution in [-0.2, 0) is 4.79 Å². The lowest BCUT2D eigenvalue weighted by Crippen LogP contribution is -2.39. The summed E-state index contributed by atoms with van der Waals surface area (Å²) in [6, 6.07) is 0. The molecular formula is C17H30O2. The lowest BCUT2D eigenvalue weighted by molar-refractivity contribution is -0.110. The highest BCUT2D eigenvalue weighted by Crippen LogP contribution is 2.56. The first-order chi connectivity index (χ1) is 9.05. The number of hydrogen-bond acceptors (Lipinski definition) is 2. The molecule has 4 unspecified atom stereocenters. The summed E-state index contributed by atoms with van der Waals surface area (Å²) in [4.78, 5) is 10.6. The molecule has 2 aliphatic rings. The lowest BCUT2D eigenvalue weighted by atomic mass is 9.73. The van der Waals surface area contributed by atoms with Gasteiger partial charge in [0.05, 0.1) is 5.60 Å². The van der Waals surface area contributed by atoms with Crippen molar-refractivity contribution in [2.75, 3.05) is 0 Å². The number of rotatable bonds is 8. The summed E-state index contributed by atoms with van der Waals surface area (Å²) in [5, 5.41) is 10.8. The molecule has 0 aliphatic heterocycles. The Labute approximate surface area is 118 Å². The molecule has 2 bridgehead atoms. The van der Waals surface area contributed by atoms with Gasteiger partial charge in [-0.2, -0.15) is 0 Å². The minimum Gasteiger partial charge on any atom is -0.390 e. The predicted molar refractivity (Wildman–Crippen MR) is 77.9 cm³/mol. The van der Waals surface area contributed by atoms with Crippen molar-refractivity contribution in [3.8, 4) is 0 Å². The highest BCUT2D eigenvalue weighted by atomic mass is 16.3. The number of aliphatic hydroxyl groups is 1. The molecule has 0 saturated heterocycles. The van der Waals surface area contributed by atoms with Gasteiger partial charge in [-0.25, -0.2) is 0 Å². The van der Waals surface area contributed by atoms with Gasteiger partial charge in [-0.05, 0) is 49.4 Å². The van der Waals surface area contributed by atoms with Gasteiger partial charge in [0.1, 0.15) is 6.29 Å². The van der Waals surface area contributed by atoms with Crippen LogP contribution in [0.15, 0.2) is 0 Å². The molecule has 2 aliphatic carbocycles. The Morgan fingerprint density at radius 1 is 1.32 bits per heavy atom. The number of hydrogen-bond donors (Lipinski definition) is 1. The Morgan fingerprint density at radius 2 is 2.11 bits per heavy atom. The summed E-state index contributed by atoms with van der Waals surface area (Å²) in [6.45, 7) is 4.57. The van der Waals surface area contributed by atoms with Gasteiger partial charge >= 0.3 is 0 Å². The fraction of sp³-hybridized carbons (Fsp3) is 0.941. The lowest BCUT2D eigenvalue weighted by Gasteiger charge is -2.37. The van der Waals surface area contributed by atoms with E-state index in [9.17, 15) is 9.90 Å². The largest absolute Gasteiger partial charge is 0.390 e. The highest BCUT2D eigenvalue weighted by Gasteiger charge is 2.53. The van der Waals surface area contributed by atoms with E-state index in [4.69, 9.17) is 0 Å². The van der Waals surface area contributed by atoms with E-state index in [0.29, 0.717) is 18.8 Å². The highest BCUT2D eigenvalue weighted by molar-refractivity contribution is 5.49. The summed E-state index contributed by atoms with van der Waals surface area (Å²) in [6.07, 6.45) is 10.9. The third-order valence-electron chi connectivity index (χ3n) is 5.43. The number of unbranched alkanes of at least 4 members (excludes halogenated alkanes) is 1. The zero-order valence-corrected chi connectivity index (χ0v) is 12.6. The maximum atomic E-state index is 10.8. The van der Waals surface area contributed by atoms with Crippen LogP contribution in [0, 0.1) is 23.7 Å². The van der Waals surface area contributed by atoms with Gasteiger partial charge in [0, 0.05) is 6.42 Å². The first-order valence-electron chi connectivity index (χ1n) is 8.21. The van der Waals surface area contributed by atoms with E-state index in [1.54, 1.807) is 0 Å². The fourth-order valence-corrected chi connectivity index (χ4v) is 4.59. The van der Waals surface area contributed by atoms with Crippen LogP contribution in [0.5, 0.6) is 0 Å². The Balaban J connectivity index is 1.78. The van der Waals surface area contributed by atoms with Gasteiger partial charge in [0.15, 0.2) is 0 Å². The molecule has 2 rings (SSSR count). The van der Waals surface area contributed by atoms with E-state index in [2.05, 4.69) is 13.8 Å². The Kier molecular flexibility index (Phi) is 5.05. The topological polar surface area (TPSA) is 37.3 Å². The van der Waals surface area contributed by atoms with Crippen LogP contribution in [0.3, 0.4) is 0 Å². The minimum absolute atomic E-state index is 0.483. The Morgan fingerprint density at radius 3 is 2.74 bits per heavy atom. The van der Waals surface area contributed by atoms with E-state index < -0.39 is 5.60 Å². The second kappa shape index (κ2) is 6.39. The van der Waals surface area contributed by atoms with Crippen LogP contribution < -0.4 is 0 Å². The summed E-state index contributed by atoms with van der Waals surface area (Å²) in [5.41, 5.74) is -0.507. The second-order valence-corrected chi connectivity index (χ2v) is 7.40. The zero-order chi connectivity index (χ0) is 13.9. The number of carbonyl (C=O) groups excluding carboxylic acids is 1. The Hall–Kier alpha value is -0.370. The zero-order valence-electron chi connectivity index (χ0n) is 12.6. The third-order valence-corrected chi connectivity index (χ3v) is 5.43. The predicted octanol–water partition coefficient (Wildman–Crippen LogP) is 3.96. The van der Waals surface area contributed by atoms with Crippen molar-refractivity contribution in [1.29, 1.82) is 0 Å². The van der Waals surface area contributed by atoms with Crippen molar-refractivity contribution in [3.05, 3.63) is 0 Å². The molecule has 0 amide bonds. The first-order valence-corrected chi connectivity index (χ1v) is 8.21. The smallest absolute Gasteiger partial charge is 0.120 e. The summed E-state index contributed by atoms with van der Waals surface area (Å²) in [5.74, 6) is 2.75. The average Bonchev–Trinajstić information content (AvgIpc) is 2.89. The Bertz CT molecular complexity index is 300. The van der Waals surface area contributed by atoms with Crippen molar-refractivity contribution >= 4 is 6.29 Å². The van der Waals surface area contributed by atoms with Crippen molar-refractivity contribution in [2.24, 2.45) is 23.7 Å². The van der Waals surface area contributed by atoms with Crippen LogP contribution in [0.4, 0.5) is 0 Å². The number of carbonyl (C=O) groups is 1. The van der Waals surface area contributed by atoms with Gasteiger partial charge in [0.25, 0.3) is 0 Å². The van der Waals surface area contributed by atoms with Crippen LogP contribution in [0.1, 0.15) is 71.6 Å². The maximum absolute atomic E-state index is 10.8. The van der Waals surface area contributed by atoms with Gasteiger partial charge in [-0.1, -0.05) is 39.5 Å². The second-order valence-electron chi connectivity index (χ2n) is 7.40. The maximum Gasteiger partial charge on any atom is 0.120 e. The molecule has 2 nitrogen and oxygen atoms in total. The summed E-state index contributed by atoms with van der Waals surface area (Å²) in [7, 11) is 0. The summed E-state index contributed by atoms with van der Waals surface area (Å²) >= 11 is 0. The molecule has 1 N–H and O–H groups in total. The third kappa shape index (κ3) is 3.59. The van der Waals surface area contributed by atoms with Crippen LogP contribution in [0.2, 0.25) is 0 Å². The minimum atomic E-state index is -0.507. The van der Waals surface area contributed by atoms with Gasteiger partial charge < -0.3 is 9.90 Å². The normalized spacial score (nSPS) is 37.2. The molecule has 0 spiro atoms. The quantitative estimate of drug-likeness (QED) is 0.533. The molecule has 2 heteroatoms. The van der Waals surface area contributed by atoms with Gasteiger partial charge in [-0.3, -0.25) is 0 Å². The van der Waals surface area contributed by atoms with E-state index in [1.165, 1.54) is 38.5 Å². The standard InChI is InChI=1S/C17H30O2/c1-13(2)6-3-4-7-15-10-14-11-16(15)17(19,12-14)8-5-9-18/h9,13-16,19H,3-8,10-12H2,1-2H3. The monoisotopic (exact) mass is 266 g/mol. The molecular weight excluding hydrogens is 236 g/mol. The first kappa shape index (κ1) is 15.0. The average molecular weight is 266 g/mol. The molecule has 0 aromatic carbocycles. The van der Waals surface area contributed by atoms with E-state index in [-0.39, 0.29) is 0 Å². The van der Waals surface area contributed by atoms with Crippen molar-refractivity contribution in [1.82, 2.24) is 0 Å². The molecule has 19 heavy (non-hydrogen) atoms. The number of aldehydes is 1. The molecule has 0 aromatic rings. The molecule has 0 radical (unpaired) electrons. The van der Waals surface area contributed by atoms with E-state index in [1.807, 2.05) is 0 Å². The molecule has 0 heterocycles. The SMILES string of the molecule is CC(C)CCCCC1CC2CC1C(O)(CCC=O)C2. The molecule has 2 saturated carbocycles. The fourth-order valence-electron chi connectivity index (χ4n) is 4.59. The number of fused-ring (bicyclic) bond motifs is 2. The van der Waals surface area contributed by atoms with Gasteiger partial charge in [-0.15, -0.1) is 0 Å².